The lowest BCUT2D eigenvalue weighted by atomic mass is 10.0. The van der Waals surface area contributed by atoms with E-state index in [4.69, 9.17) is 5.26 Å². The van der Waals surface area contributed by atoms with Crippen LogP contribution in [0.2, 0.25) is 0 Å². The molecule has 0 aromatic heterocycles. The number of unbranched alkanes of at least 4 members (excludes halogenated alkanes) is 2. The molecule has 0 saturated heterocycles. The molecule has 0 aliphatic heterocycles. The fourth-order valence-corrected chi connectivity index (χ4v) is 1.31. The Balaban J connectivity index is 3.34. The van der Waals surface area contributed by atoms with Gasteiger partial charge in [0.1, 0.15) is 0 Å². The molecular weight excluding hydrogens is 148 g/mol. The van der Waals surface area contributed by atoms with Crippen molar-refractivity contribution in [1.82, 2.24) is 5.32 Å². The number of hydrogen-bond donors (Lipinski definition) is 1. The summed E-state index contributed by atoms with van der Waals surface area (Å²) in [6.07, 6.45) is 6.67. The minimum atomic E-state index is 0.623. The van der Waals surface area contributed by atoms with Crippen LogP contribution in [-0.2, 0) is 0 Å². The van der Waals surface area contributed by atoms with Gasteiger partial charge in [0.15, 0.2) is 0 Å². The smallest absolute Gasteiger partial charge is 0.0621 e. The number of nitrogens with zero attached hydrogens (tertiary/aromatic N) is 1. The zero-order valence-corrected chi connectivity index (χ0v) is 8.27. The molecule has 0 unspecified atom stereocenters. The van der Waals surface area contributed by atoms with Crippen LogP contribution in [0.15, 0.2) is 0 Å². The monoisotopic (exact) mass is 168 g/mol. The fourth-order valence-electron chi connectivity index (χ4n) is 1.31. The van der Waals surface area contributed by atoms with Gasteiger partial charge in [-0.15, -0.1) is 0 Å². The molecular formula is C10H20N2. The maximum Gasteiger partial charge on any atom is 0.0621 e. The summed E-state index contributed by atoms with van der Waals surface area (Å²) in [5.41, 5.74) is 0. The first-order valence-electron chi connectivity index (χ1n) is 4.89. The van der Waals surface area contributed by atoms with E-state index in [0.717, 1.165) is 12.8 Å². The average molecular weight is 168 g/mol. The molecule has 2 nitrogen and oxygen atoms in total. The van der Waals surface area contributed by atoms with Crippen LogP contribution in [0.3, 0.4) is 0 Å². The minimum absolute atomic E-state index is 0.623. The zero-order valence-electron chi connectivity index (χ0n) is 8.27. The summed E-state index contributed by atoms with van der Waals surface area (Å²) in [6, 6.07) is 2.80. The highest BCUT2D eigenvalue weighted by molar-refractivity contribution is 4.72. The third-order valence-electron chi connectivity index (χ3n) is 2.16. The molecule has 0 spiro atoms. The molecule has 1 atom stereocenters. The zero-order chi connectivity index (χ0) is 9.23. The standard InChI is InChI=1S/C10H20N2/c1-3-4-7-10(12-2)8-5-6-9-11/h10,12H,3-8H2,1-2H3/t10-/m0/s1. The Morgan fingerprint density at radius 3 is 2.50 bits per heavy atom. The van der Waals surface area contributed by atoms with Gasteiger partial charge in [0.2, 0.25) is 0 Å². The van der Waals surface area contributed by atoms with Crippen LogP contribution in [0.1, 0.15) is 45.4 Å². The van der Waals surface area contributed by atoms with E-state index in [-0.39, 0.29) is 0 Å². The summed E-state index contributed by atoms with van der Waals surface area (Å²) in [7, 11) is 2.01. The third kappa shape index (κ3) is 6.18. The van der Waals surface area contributed by atoms with Crippen LogP contribution in [0, 0.1) is 11.3 Å². The normalized spacial score (nSPS) is 12.4. The van der Waals surface area contributed by atoms with E-state index in [1.54, 1.807) is 0 Å². The van der Waals surface area contributed by atoms with Gasteiger partial charge in [-0.3, -0.25) is 0 Å². The van der Waals surface area contributed by atoms with E-state index in [1.165, 1.54) is 19.3 Å². The van der Waals surface area contributed by atoms with E-state index >= 15 is 0 Å². The molecule has 0 aliphatic rings. The van der Waals surface area contributed by atoms with Crippen molar-refractivity contribution in [2.24, 2.45) is 0 Å². The maximum absolute atomic E-state index is 8.36. The summed E-state index contributed by atoms with van der Waals surface area (Å²) in [5.74, 6) is 0. The van der Waals surface area contributed by atoms with E-state index in [2.05, 4.69) is 18.3 Å². The molecule has 0 aliphatic carbocycles. The Bertz CT molecular complexity index is 126. The van der Waals surface area contributed by atoms with Crippen LogP contribution in [-0.4, -0.2) is 13.1 Å². The second-order valence-corrected chi connectivity index (χ2v) is 3.18. The van der Waals surface area contributed by atoms with E-state index in [9.17, 15) is 0 Å². The highest BCUT2D eigenvalue weighted by Crippen LogP contribution is 2.07. The first kappa shape index (κ1) is 11.4. The van der Waals surface area contributed by atoms with Gasteiger partial charge in [0.05, 0.1) is 6.07 Å². The summed E-state index contributed by atoms with van der Waals surface area (Å²) in [4.78, 5) is 0. The van der Waals surface area contributed by atoms with Crippen LogP contribution in [0.5, 0.6) is 0 Å². The van der Waals surface area contributed by atoms with Gasteiger partial charge in [0.25, 0.3) is 0 Å². The van der Waals surface area contributed by atoms with E-state index in [0.29, 0.717) is 12.5 Å². The topological polar surface area (TPSA) is 35.8 Å². The lowest BCUT2D eigenvalue weighted by Gasteiger charge is -2.14. The molecule has 0 rings (SSSR count). The van der Waals surface area contributed by atoms with Crippen molar-refractivity contribution < 1.29 is 0 Å². The molecule has 0 aromatic rings. The van der Waals surface area contributed by atoms with Crippen molar-refractivity contribution in [2.75, 3.05) is 7.05 Å². The van der Waals surface area contributed by atoms with E-state index in [1.807, 2.05) is 7.05 Å². The number of rotatable bonds is 7. The maximum atomic E-state index is 8.36. The quantitative estimate of drug-likeness (QED) is 0.593. The first-order valence-corrected chi connectivity index (χ1v) is 4.89. The van der Waals surface area contributed by atoms with Crippen LogP contribution in [0.25, 0.3) is 0 Å². The van der Waals surface area contributed by atoms with Gasteiger partial charge in [-0.05, 0) is 26.3 Å². The van der Waals surface area contributed by atoms with Crippen molar-refractivity contribution in [1.29, 1.82) is 5.26 Å². The van der Waals surface area contributed by atoms with Crippen molar-refractivity contribution in [3.05, 3.63) is 0 Å². The fraction of sp³-hybridized carbons (Fsp3) is 0.900. The van der Waals surface area contributed by atoms with Crippen LogP contribution < -0.4 is 5.32 Å². The number of nitriles is 1. The Labute approximate surface area is 76.0 Å². The summed E-state index contributed by atoms with van der Waals surface area (Å²) in [6.45, 7) is 2.21. The molecule has 0 amide bonds. The predicted molar refractivity (Wildman–Crippen MR) is 51.8 cm³/mol. The molecule has 1 N–H and O–H groups in total. The molecule has 0 bridgehead atoms. The van der Waals surface area contributed by atoms with Crippen molar-refractivity contribution in [3.8, 4) is 6.07 Å². The van der Waals surface area contributed by atoms with Crippen LogP contribution in [0.4, 0.5) is 0 Å². The molecule has 0 fully saturated rings. The van der Waals surface area contributed by atoms with Gasteiger partial charge in [-0.25, -0.2) is 0 Å². The lowest BCUT2D eigenvalue weighted by molar-refractivity contribution is 0.461. The van der Waals surface area contributed by atoms with E-state index < -0.39 is 0 Å². The lowest BCUT2D eigenvalue weighted by Crippen LogP contribution is -2.24. The molecule has 0 heterocycles. The van der Waals surface area contributed by atoms with Gasteiger partial charge in [0, 0.05) is 12.5 Å². The summed E-state index contributed by atoms with van der Waals surface area (Å²) in [5, 5.41) is 11.6. The third-order valence-corrected chi connectivity index (χ3v) is 2.16. The second-order valence-electron chi connectivity index (χ2n) is 3.18. The van der Waals surface area contributed by atoms with Gasteiger partial charge >= 0.3 is 0 Å². The van der Waals surface area contributed by atoms with Crippen molar-refractivity contribution >= 4 is 0 Å². The van der Waals surface area contributed by atoms with Crippen molar-refractivity contribution in [3.63, 3.8) is 0 Å². The Hall–Kier alpha value is -0.550. The average Bonchev–Trinajstić information content (AvgIpc) is 2.11. The van der Waals surface area contributed by atoms with Crippen LogP contribution >= 0.6 is 0 Å². The van der Waals surface area contributed by atoms with Gasteiger partial charge in [-0.2, -0.15) is 5.26 Å². The molecule has 0 aromatic carbocycles. The SMILES string of the molecule is CCCC[C@@H](CCCC#N)NC. The summed E-state index contributed by atoms with van der Waals surface area (Å²) >= 11 is 0. The van der Waals surface area contributed by atoms with Gasteiger partial charge < -0.3 is 5.32 Å². The number of hydrogen-bond acceptors (Lipinski definition) is 2. The Morgan fingerprint density at radius 2 is 2.00 bits per heavy atom. The molecule has 12 heavy (non-hydrogen) atoms. The molecule has 70 valence electrons. The molecule has 2 heteroatoms. The highest BCUT2D eigenvalue weighted by Gasteiger charge is 2.03. The summed E-state index contributed by atoms with van der Waals surface area (Å²) < 4.78 is 0. The molecule has 0 saturated carbocycles. The highest BCUT2D eigenvalue weighted by atomic mass is 14.9. The second kappa shape index (κ2) is 8.55. The van der Waals surface area contributed by atoms with Gasteiger partial charge in [-0.1, -0.05) is 19.8 Å². The predicted octanol–water partition coefficient (Wildman–Crippen LogP) is 2.46. The minimum Gasteiger partial charge on any atom is -0.317 e. The largest absolute Gasteiger partial charge is 0.317 e. The Kier molecular flexibility index (Phi) is 8.15. The first-order chi connectivity index (χ1) is 5.85. The van der Waals surface area contributed by atoms with Crippen molar-refractivity contribution in [2.45, 2.75) is 51.5 Å². The Morgan fingerprint density at radius 1 is 1.33 bits per heavy atom. The number of nitrogens with one attached hydrogen (secondary N) is 1. The molecule has 0 radical (unpaired) electrons.